The highest BCUT2D eigenvalue weighted by molar-refractivity contribution is 6.33. The lowest BCUT2D eigenvalue weighted by atomic mass is 9.43. The van der Waals surface area contributed by atoms with Crippen molar-refractivity contribution in [2.24, 2.45) is 16.7 Å². The van der Waals surface area contributed by atoms with Gasteiger partial charge in [0.05, 0.1) is 17.7 Å². The lowest BCUT2D eigenvalue weighted by molar-refractivity contribution is -0.261. The van der Waals surface area contributed by atoms with E-state index in [0.29, 0.717) is 19.1 Å². The van der Waals surface area contributed by atoms with Gasteiger partial charge in [0.25, 0.3) is 0 Å². The van der Waals surface area contributed by atoms with Crippen molar-refractivity contribution in [3.8, 4) is 11.5 Å². The highest BCUT2D eigenvalue weighted by Crippen LogP contribution is 2.69. The number of aliphatic hydroxyl groups is 2. The second-order valence-electron chi connectivity index (χ2n) is 10.5. The number of halogens is 1. The zero-order valence-electron chi connectivity index (χ0n) is 18.9. The summed E-state index contributed by atoms with van der Waals surface area (Å²) in [5.74, 6) is -1.29. The third-order valence-corrected chi connectivity index (χ3v) is 8.40. The molecule has 0 saturated heterocycles. The molecule has 0 aliphatic heterocycles. The fraction of sp³-hybridized carbons (Fsp3) is 0.583. The summed E-state index contributed by atoms with van der Waals surface area (Å²) < 4.78 is 10.7. The summed E-state index contributed by atoms with van der Waals surface area (Å²) in [6.07, 6.45) is 2.39. The standard InChI is InChI=1S/C24H29ClO7/c1-12-18(14(27)6-15(31-5)19(12)25)20(28)32-17-9-22(4)16-8-21(2,3)11-23(16,29)7-13(10-26)24(17,22)30/h6-7,10,16-17,27,29-30H,8-9,11H2,1-5H3/t16-,17-,22-,23+,24+/m1/s1. The van der Waals surface area contributed by atoms with Crippen LogP contribution in [-0.2, 0) is 9.53 Å². The summed E-state index contributed by atoms with van der Waals surface area (Å²) in [6, 6.07) is 1.23. The largest absolute Gasteiger partial charge is 0.507 e. The van der Waals surface area contributed by atoms with Gasteiger partial charge >= 0.3 is 5.97 Å². The van der Waals surface area contributed by atoms with E-state index in [9.17, 15) is 24.9 Å². The molecule has 0 bridgehead atoms. The van der Waals surface area contributed by atoms with E-state index in [1.807, 2.05) is 6.92 Å². The Balaban J connectivity index is 1.69. The van der Waals surface area contributed by atoms with Crippen LogP contribution in [0.1, 0.15) is 56.0 Å². The Bertz CT molecular complexity index is 1050. The van der Waals surface area contributed by atoms with Crippen LogP contribution < -0.4 is 4.74 Å². The van der Waals surface area contributed by atoms with Gasteiger partial charge in [0.2, 0.25) is 0 Å². The number of aromatic hydroxyl groups is 1. The highest BCUT2D eigenvalue weighted by Gasteiger charge is 2.75. The third-order valence-electron chi connectivity index (χ3n) is 7.93. The van der Waals surface area contributed by atoms with E-state index in [1.54, 1.807) is 6.92 Å². The minimum absolute atomic E-state index is 0.0224. The van der Waals surface area contributed by atoms with Crippen LogP contribution in [0, 0.1) is 23.7 Å². The monoisotopic (exact) mass is 464 g/mol. The number of fused-ring (bicyclic) bond motifs is 3. The molecule has 0 unspecified atom stereocenters. The minimum Gasteiger partial charge on any atom is -0.507 e. The molecular weight excluding hydrogens is 436 g/mol. The molecule has 2 fully saturated rings. The van der Waals surface area contributed by atoms with Crippen molar-refractivity contribution in [2.75, 3.05) is 7.11 Å². The van der Waals surface area contributed by atoms with Crippen molar-refractivity contribution in [3.05, 3.63) is 33.9 Å². The van der Waals surface area contributed by atoms with E-state index >= 15 is 0 Å². The summed E-state index contributed by atoms with van der Waals surface area (Å²) >= 11 is 6.23. The molecule has 0 radical (unpaired) electrons. The van der Waals surface area contributed by atoms with Crippen molar-refractivity contribution in [3.63, 3.8) is 0 Å². The number of phenols is 1. The van der Waals surface area contributed by atoms with Gasteiger partial charge in [0, 0.05) is 23.0 Å². The van der Waals surface area contributed by atoms with Crippen molar-refractivity contribution in [1.29, 1.82) is 0 Å². The van der Waals surface area contributed by atoms with Gasteiger partial charge < -0.3 is 24.8 Å². The Morgan fingerprint density at radius 3 is 2.50 bits per heavy atom. The molecule has 8 heteroatoms. The first kappa shape index (κ1) is 23.1. The van der Waals surface area contributed by atoms with E-state index in [1.165, 1.54) is 19.3 Å². The topological polar surface area (TPSA) is 113 Å². The van der Waals surface area contributed by atoms with E-state index in [4.69, 9.17) is 21.1 Å². The quantitative estimate of drug-likeness (QED) is 0.462. The van der Waals surface area contributed by atoms with Gasteiger partial charge in [-0.3, -0.25) is 4.79 Å². The van der Waals surface area contributed by atoms with Gasteiger partial charge in [-0.1, -0.05) is 32.4 Å². The Morgan fingerprint density at radius 2 is 1.91 bits per heavy atom. The Kier molecular flexibility index (Phi) is 5.02. The predicted octanol–water partition coefficient (Wildman–Crippen LogP) is 3.34. The highest BCUT2D eigenvalue weighted by atomic mass is 35.5. The minimum atomic E-state index is -1.73. The zero-order valence-corrected chi connectivity index (χ0v) is 19.6. The van der Waals surface area contributed by atoms with Crippen molar-refractivity contribution >= 4 is 23.9 Å². The molecule has 3 aliphatic rings. The first-order chi connectivity index (χ1) is 14.7. The molecule has 2 saturated carbocycles. The first-order valence-corrected chi connectivity index (χ1v) is 11.0. The number of carbonyl (C=O) groups is 2. The smallest absolute Gasteiger partial charge is 0.342 e. The normalized spacial score (nSPS) is 36.9. The Hall–Kier alpha value is -2.09. The van der Waals surface area contributed by atoms with Crippen LogP contribution in [0.15, 0.2) is 17.7 Å². The summed E-state index contributed by atoms with van der Waals surface area (Å²) in [6.45, 7) is 7.49. The van der Waals surface area contributed by atoms with Crippen LogP contribution in [0.5, 0.6) is 11.5 Å². The molecule has 7 nitrogen and oxygen atoms in total. The molecule has 4 rings (SSSR count). The predicted molar refractivity (Wildman–Crippen MR) is 117 cm³/mol. The van der Waals surface area contributed by atoms with Crippen LogP contribution in [-0.4, -0.2) is 52.0 Å². The number of ether oxygens (including phenoxy) is 2. The molecule has 174 valence electrons. The third kappa shape index (κ3) is 2.87. The maximum Gasteiger partial charge on any atom is 0.342 e. The summed E-state index contributed by atoms with van der Waals surface area (Å²) in [5.41, 5.74) is -3.77. The van der Waals surface area contributed by atoms with Crippen molar-refractivity contribution < 1.29 is 34.4 Å². The van der Waals surface area contributed by atoms with Gasteiger partial charge in [0.15, 0.2) is 0 Å². The number of methoxy groups -OCH3 is 1. The Morgan fingerprint density at radius 1 is 1.25 bits per heavy atom. The second-order valence-corrected chi connectivity index (χ2v) is 10.9. The molecule has 0 amide bonds. The van der Waals surface area contributed by atoms with Crippen LogP contribution >= 0.6 is 11.6 Å². The van der Waals surface area contributed by atoms with Gasteiger partial charge in [-0.2, -0.15) is 0 Å². The molecule has 3 aliphatic carbocycles. The lowest BCUT2D eigenvalue weighted by Gasteiger charge is -2.65. The second kappa shape index (κ2) is 6.95. The van der Waals surface area contributed by atoms with Crippen molar-refractivity contribution in [1.82, 2.24) is 0 Å². The molecule has 1 aromatic carbocycles. The number of carbonyl (C=O) groups excluding carboxylic acids is 2. The average molecular weight is 465 g/mol. The fourth-order valence-electron chi connectivity index (χ4n) is 6.44. The van der Waals surface area contributed by atoms with Crippen LogP contribution in [0.2, 0.25) is 5.02 Å². The van der Waals surface area contributed by atoms with E-state index in [2.05, 4.69) is 13.8 Å². The average Bonchev–Trinajstić information content (AvgIpc) is 2.96. The number of benzene rings is 1. The lowest BCUT2D eigenvalue weighted by Crippen LogP contribution is -2.75. The van der Waals surface area contributed by atoms with E-state index in [-0.39, 0.29) is 51.0 Å². The number of aldehydes is 1. The summed E-state index contributed by atoms with van der Waals surface area (Å²) in [4.78, 5) is 25.0. The van der Waals surface area contributed by atoms with Gasteiger partial charge in [-0.05, 0) is 43.2 Å². The number of phenolic OH excluding ortho intramolecular Hbond substituents is 1. The molecule has 0 heterocycles. The number of rotatable bonds is 4. The number of esters is 1. The zero-order chi connectivity index (χ0) is 23.9. The SMILES string of the molecule is COc1cc(O)c(C(=O)O[C@@H]2C[C@]3(C)[C@H]4CC(C)(C)C[C@@]4(O)C=C(C=O)[C@]23O)c(C)c1Cl. The van der Waals surface area contributed by atoms with Crippen LogP contribution in [0.25, 0.3) is 0 Å². The molecule has 0 spiro atoms. The molecule has 5 atom stereocenters. The maximum absolute atomic E-state index is 13.0. The maximum atomic E-state index is 13.0. The molecule has 1 aromatic rings. The van der Waals surface area contributed by atoms with Gasteiger partial charge in [-0.15, -0.1) is 0 Å². The van der Waals surface area contributed by atoms with E-state index in [0.717, 1.165) is 0 Å². The van der Waals surface area contributed by atoms with Gasteiger partial charge in [-0.25, -0.2) is 4.79 Å². The van der Waals surface area contributed by atoms with Crippen LogP contribution in [0.3, 0.4) is 0 Å². The van der Waals surface area contributed by atoms with Crippen molar-refractivity contribution in [2.45, 2.75) is 64.3 Å². The molecule has 32 heavy (non-hydrogen) atoms. The first-order valence-electron chi connectivity index (χ1n) is 10.6. The van der Waals surface area contributed by atoms with Crippen LogP contribution in [0.4, 0.5) is 0 Å². The fourth-order valence-corrected chi connectivity index (χ4v) is 6.67. The van der Waals surface area contributed by atoms with Gasteiger partial charge in [0.1, 0.15) is 35.1 Å². The summed E-state index contributed by atoms with van der Waals surface area (Å²) in [7, 11) is 1.39. The Labute approximate surface area is 192 Å². The molecule has 3 N–H and O–H groups in total. The summed E-state index contributed by atoms with van der Waals surface area (Å²) in [5, 5.41) is 33.6. The number of hydrogen-bond donors (Lipinski definition) is 3. The molecular formula is C24H29ClO7. The molecule has 0 aromatic heterocycles. The van der Waals surface area contributed by atoms with E-state index < -0.39 is 28.7 Å². The number of hydrogen-bond acceptors (Lipinski definition) is 7.